The number of aryl methyl sites for hydroxylation is 1. The first-order valence-electron chi connectivity index (χ1n) is 7.00. The van der Waals surface area contributed by atoms with E-state index in [0.29, 0.717) is 6.04 Å². The SMILES string of the molecule is CCN(C(=O)c1cc2c(s1)CCSC2)C1CCNC1. The maximum atomic E-state index is 12.7. The fraction of sp³-hybridized carbons (Fsp3) is 0.643. The zero-order valence-corrected chi connectivity index (χ0v) is 12.9. The van der Waals surface area contributed by atoms with Crippen LogP contribution in [-0.2, 0) is 12.2 Å². The van der Waals surface area contributed by atoms with Crippen molar-refractivity contribution in [3.8, 4) is 0 Å². The fourth-order valence-corrected chi connectivity index (χ4v) is 5.20. The number of fused-ring (bicyclic) bond motifs is 1. The van der Waals surface area contributed by atoms with E-state index in [2.05, 4.69) is 18.3 Å². The van der Waals surface area contributed by atoms with Gasteiger partial charge in [0.15, 0.2) is 0 Å². The lowest BCUT2D eigenvalue weighted by Gasteiger charge is -2.26. The van der Waals surface area contributed by atoms with Gasteiger partial charge in [-0.3, -0.25) is 4.79 Å². The molecule has 3 rings (SSSR count). The van der Waals surface area contributed by atoms with Crippen LogP contribution in [0.1, 0.15) is 33.5 Å². The molecule has 104 valence electrons. The van der Waals surface area contributed by atoms with Crippen molar-refractivity contribution in [3.05, 3.63) is 21.4 Å². The number of carbonyl (C=O) groups is 1. The van der Waals surface area contributed by atoms with Crippen molar-refractivity contribution in [3.63, 3.8) is 0 Å². The van der Waals surface area contributed by atoms with Gasteiger partial charge in [0.25, 0.3) is 5.91 Å². The highest BCUT2D eigenvalue weighted by molar-refractivity contribution is 7.98. The molecule has 1 unspecified atom stereocenters. The van der Waals surface area contributed by atoms with Gasteiger partial charge in [0.05, 0.1) is 4.88 Å². The molecule has 0 radical (unpaired) electrons. The van der Waals surface area contributed by atoms with Gasteiger partial charge in [-0.2, -0.15) is 11.8 Å². The Morgan fingerprint density at radius 1 is 1.58 bits per heavy atom. The Labute approximate surface area is 122 Å². The normalized spacial score (nSPS) is 22.3. The Hall–Kier alpha value is -0.520. The summed E-state index contributed by atoms with van der Waals surface area (Å²) in [6.07, 6.45) is 2.22. The summed E-state index contributed by atoms with van der Waals surface area (Å²) in [5.41, 5.74) is 1.39. The Balaban J connectivity index is 1.79. The van der Waals surface area contributed by atoms with Gasteiger partial charge < -0.3 is 10.2 Å². The molecule has 1 amide bonds. The minimum atomic E-state index is 0.237. The minimum Gasteiger partial charge on any atom is -0.334 e. The van der Waals surface area contributed by atoms with E-state index >= 15 is 0 Å². The fourth-order valence-electron chi connectivity index (χ4n) is 2.87. The lowest BCUT2D eigenvalue weighted by molar-refractivity contribution is 0.0708. The number of likely N-dealkylation sites (N-methyl/N-ethyl adjacent to an activating group) is 1. The van der Waals surface area contributed by atoms with Crippen molar-refractivity contribution in [2.24, 2.45) is 0 Å². The van der Waals surface area contributed by atoms with E-state index in [1.54, 1.807) is 11.3 Å². The second-order valence-corrected chi connectivity index (χ2v) is 7.34. The predicted molar refractivity (Wildman–Crippen MR) is 82.2 cm³/mol. The van der Waals surface area contributed by atoms with Gasteiger partial charge in [-0.15, -0.1) is 11.3 Å². The first kappa shape index (κ1) is 13.5. The summed E-state index contributed by atoms with van der Waals surface area (Å²) in [6.45, 7) is 4.87. The number of hydrogen-bond acceptors (Lipinski definition) is 4. The molecule has 5 heteroatoms. The van der Waals surface area contributed by atoms with Crippen molar-refractivity contribution in [1.29, 1.82) is 0 Å². The highest BCUT2D eigenvalue weighted by Gasteiger charge is 2.28. The standard InChI is InChI=1S/C14H20N2OS2/c1-2-16(11-3-5-15-8-11)14(17)13-7-10-9-18-6-4-12(10)19-13/h7,11,15H,2-6,8-9H2,1H3. The zero-order chi connectivity index (χ0) is 13.2. The zero-order valence-electron chi connectivity index (χ0n) is 11.3. The van der Waals surface area contributed by atoms with E-state index in [1.807, 2.05) is 16.7 Å². The number of rotatable bonds is 3. The molecule has 0 saturated carbocycles. The van der Waals surface area contributed by atoms with E-state index in [0.717, 1.165) is 43.1 Å². The first-order chi connectivity index (χ1) is 9.29. The van der Waals surface area contributed by atoms with E-state index < -0.39 is 0 Å². The van der Waals surface area contributed by atoms with E-state index in [9.17, 15) is 4.79 Å². The quantitative estimate of drug-likeness (QED) is 0.929. The summed E-state index contributed by atoms with van der Waals surface area (Å²) in [7, 11) is 0. The smallest absolute Gasteiger partial charge is 0.264 e. The molecule has 3 heterocycles. The second-order valence-electron chi connectivity index (χ2n) is 5.10. The van der Waals surface area contributed by atoms with Crippen molar-refractivity contribution in [2.45, 2.75) is 31.6 Å². The monoisotopic (exact) mass is 296 g/mol. The molecule has 0 aromatic carbocycles. The number of carbonyl (C=O) groups excluding carboxylic acids is 1. The molecule has 1 atom stereocenters. The van der Waals surface area contributed by atoms with Crippen LogP contribution in [-0.4, -0.2) is 42.2 Å². The van der Waals surface area contributed by atoms with Crippen LogP contribution in [0.15, 0.2) is 6.07 Å². The number of hydrogen-bond donors (Lipinski definition) is 1. The van der Waals surface area contributed by atoms with Crippen LogP contribution < -0.4 is 5.32 Å². The third-order valence-electron chi connectivity index (χ3n) is 3.92. The number of nitrogens with one attached hydrogen (secondary N) is 1. The molecule has 2 aliphatic heterocycles. The lowest BCUT2D eigenvalue weighted by atomic mass is 10.2. The summed E-state index contributed by atoms with van der Waals surface area (Å²) < 4.78 is 0. The van der Waals surface area contributed by atoms with E-state index in [4.69, 9.17) is 0 Å². The van der Waals surface area contributed by atoms with Crippen molar-refractivity contribution in [1.82, 2.24) is 10.2 Å². The Bertz CT molecular complexity index is 443. The lowest BCUT2D eigenvalue weighted by Crippen LogP contribution is -2.41. The second kappa shape index (κ2) is 5.85. The molecule has 0 bridgehead atoms. The Morgan fingerprint density at radius 2 is 2.47 bits per heavy atom. The van der Waals surface area contributed by atoms with Crippen LogP contribution in [0.5, 0.6) is 0 Å². The van der Waals surface area contributed by atoms with Crippen LogP contribution in [0.2, 0.25) is 0 Å². The van der Waals surface area contributed by atoms with E-state index in [-0.39, 0.29) is 5.91 Å². The van der Waals surface area contributed by atoms with Crippen molar-refractivity contribution >= 4 is 29.0 Å². The van der Waals surface area contributed by atoms with Gasteiger partial charge in [-0.25, -0.2) is 0 Å². The summed E-state index contributed by atoms with van der Waals surface area (Å²) in [5.74, 6) is 2.52. The van der Waals surface area contributed by atoms with Crippen LogP contribution in [0, 0.1) is 0 Å². The highest BCUT2D eigenvalue weighted by Crippen LogP contribution is 2.32. The van der Waals surface area contributed by atoms with Crippen LogP contribution in [0.25, 0.3) is 0 Å². The predicted octanol–water partition coefficient (Wildman–Crippen LogP) is 2.36. The molecule has 0 aliphatic carbocycles. The number of amides is 1. The molecule has 1 aromatic heterocycles. The van der Waals surface area contributed by atoms with Gasteiger partial charge in [-0.1, -0.05) is 0 Å². The molecular formula is C14H20N2OS2. The van der Waals surface area contributed by atoms with Crippen molar-refractivity contribution < 1.29 is 4.79 Å². The third-order valence-corrected chi connectivity index (χ3v) is 6.15. The Kier molecular flexibility index (Phi) is 4.15. The molecule has 1 saturated heterocycles. The van der Waals surface area contributed by atoms with Gasteiger partial charge >= 0.3 is 0 Å². The van der Waals surface area contributed by atoms with Gasteiger partial charge in [0.2, 0.25) is 0 Å². The molecular weight excluding hydrogens is 276 g/mol. The minimum absolute atomic E-state index is 0.237. The molecule has 19 heavy (non-hydrogen) atoms. The van der Waals surface area contributed by atoms with Crippen LogP contribution in [0.3, 0.4) is 0 Å². The average molecular weight is 296 g/mol. The number of thioether (sulfide) groups is 1. The van der Waals surface area contributed by atoms with E-state index in [1.165, 1.54) is 16.2 Å². The number of nitrogens with zero attached hydrogens (tertiary/aromatic N) is 1. The van der Waals surface area contributed by atoms with Crippen LogP contribution >= 0.6 is 23.1 Å². The summed E-state index contributed by atoms with van der Waals surface area (Å²) in [5, 5.41) is 3.35. The van der Waals surface area contributed by atoms with Gasteiger partial charge in [0, 0.05) is 29.8 Å². The maximum absolute atomic E-state index is 12.7. The summed E-state index contributed by atoms with van der Waals surface area (Å²) in [4.78, 5) is 17.1. The maximum Gasteiger partial charge on any atom is 0.264 e. The molecule has 0 spiro atoms. The highest BCUT2D eigenvalue weighted by atomic mass is 32.2. The molecule has 1 aromatic rings. The molecule has 1 N–H and O–H groups in total. The van der Waals surface area contributed by atoms with Crippen LogP contribution in [0.4, 0.5) is 0 Å². The Morgan fingerprint density at radius 3 is 3.16 bits per heavy atom. The molecule has 1 fully saturated rings. The largest absolute Gasteiger partial charge is 0.334 e. The summed E-state index contributed by atoms with van der Waals surface area (Å²) >= 11 is 3.69. The number of thiophene rings is 1. The van der Waals surface area contributed by atoms with Gasteiger partial charge in [-0.05, 0) is 43.7 Å². The molecule has 2 aliphatic rings. The van der Waals surface area contributed by atoms with Crippen molar-refractivity contribution in [2.75, 3.05) is 25.4 Å². The average Bonchev–Trinajstić information content (AvgIpc) is 3.08. The third kappa shape index (κ3) is 2.69. The summed E-state index contributed by atoms with van der Waals surface area (Å²) in [6, 6.07) is 2.52. The van der Waals surface area contributed by atoms with Gasteiger partial charge in [0.1, 0.15) is 0 Å². The first-order valence-corrected chi connectivity index (χ1v) is 8.97. The molecule has 3 nitrogen and oxygen atoms in total. The topological polar surface area (TPSA) is 32.3 Å².